The van der Waals surface area contributed by atoms with Gasteiger partial charge in [0.25, 0.3) is 11.8 Å². The van der Waals surface area contributed by atoms with E-state index in [1.807, 2.05) is 0 Å². The highest BCUT2D eigenvalue weighted by Crippen LogP contribution is 2.19. The molecule has 0 aliphatic carbocycles. The molecule has 0 unspecified atom stereocenters. The number of rotatable bonds is 22. The Balaban J connectivity index is 2.60. The van der Waals surface area contributed by atoms with Gasteiger partial charge in [-0.2, -0.15) is 0 Å². The van der Waals surface area contributed by atoms with E-state index in [2.05, 4.69) is 23.5 Å². The summed E-state index contributed by atoms with van der Waals surface area (Å²) in [6.07, 6.45) is 16.2. The lowest BCUT2D eigenvalue weighted by Gasteiger charge is -2.12. The van der Waals surface area contributed by atoms with Crippen LogP contribution in [0.25, 0.3) is 0 Å². The van der Waals surface area contributed by atoms with Gasteiger partial charge in [0.05, 0.1) is 6.61 Å². The lowest BCUT2D eigenvalue weighted by molar-refractivity contribution is 0.0952. The standard InChI is InChI=1S/C29H46N2O5/c1-3-5-6-15-21-36-27-23-25(28(33)30-16-11-7-9-13-18-32)22-26(24-27)29(34)31-17-12-8-10-14-20-35-19-4-2/h1,22-24,32H,4-21H2,2H3,(H,30,33)(H,31,34). The number of carbonyl (C=O) groups is 2. The average Bonchev–Trinajstić information content (AvgIpc) is 2.89. The highest BCUT2D eigenvalue weighted by atomic mass is 16.5. The van der Waals surface area contributed by atoms with Crippen molar-refractivity contribution < 1.29 is 24.2 Å². The van der Waals surface area contributed by atoms with Crippen LogP contribution in [0.2, 0.25) is 0 Å². The van der Waals surface area contributed by atoms with Crippen molar-refractivity contribution in [1.82, 2.24) is 10.6 Å². The molecule has 0 heterocycles. The Bertz CT molecular complexity index is 775. The molecule has 0 aliphatic heterocycles. The summed E-state index contributed by atoms with van der Waals surface area (Å²) in [4.78, 5) is 25.5. The number of carbonyl (C=O) groups excluding carboxylic acids is 2. The van der Waals surface area contributed by atoms with Gasteiger partial charge in [0.15, 0.2) is 0 Å². The van der Waals surface area contributed by atoms with Gasteiger partial charge < -0.3 is 25.2 Å². The molecular formula is C29H46N2O5. The van der Waals surface area contributed by atoms with Crippen molar-refractivity contribution in [1.29, 1.82) is 0 Å². The minimum Gasteiger partial charge on any atom is -0.494 e. The number of benzene rings is 1. The summed E-state index contributed by atoms with van der Waals surface area (Å²) >= 11 is 0. The van der Waals surface area contributed by atoms with E-state index in [1.165, 1.54) is 0 Å². The number of hydrogen-bond donors (Lipinski definition) is 3. The predicted octanol–water partition coefficient (Wildman–Crippen LogP) is 4.87. The molecule has 0 spiro atoms. The summed E-state index contributed by atoms with van der Waals surface area (Å²) in [5.41, 5.74) is 0.820. The topological polar surface area (TPSA) is 96.9 Å². The first-order valence-electron chi connectivity index (χ1n) is 13.6. The molecule has 3 N–H and O–H groups in total. The summed E-state index contributed by atoms with van der Waals surface area (Å²) in [5, 5.41) is 14.7. The highest BCUT2D eigenvalue weighted by molar-refractivity contribution is 6.00. The van der Waals surface area contributed by atoms with Crippen molar-refractivity contribution >= 4 is 11.8 Å². The lowest BCUT2D eigenvalue weighted by Crippen LogP contribution is -2.27. The first-order valence-corrected chi connectivity index (χ1v) is 13.6. The summed E-state index contributed by atoms with van der Waals surface area (Å²) in [7, 11) is 0. The largest absolute Gasteiger partial charge is 0.494 e. The van der Waals surface area contributed by atoms with Crippen molar-refractivity contribution in [2.75, 3.05) is 39.5 Å². The molecule has 0 saturated heterocycles. The Kier molecular flexibility index (Phi) is 19.0. The van der Waals surface area contributed by atoms with Crippen LogP contribution in [0.4, 0.5) is 0 Å². The van der Waals surface area contributed by atoms with Gasteiger partial charge in [-0.05, 0) is 63.1 Å². The summed E-state index contributed by atoms with van der Waals surface area (Å²) in [5.74, 6) is 2.68. The number of aliphatic hydroxyl groups excluding tert-OH is 1. The predicted molar refractivity (Wildman–Crippen MR) is 144 cm³/mol. The van der Waals surface area contributed by atoms with Gasteiger partial charge in [-0.1, -0.05) is 32.6 Å². The van der Waals surface area contributed by atoms with E-state index in [0.717, 1.165) is 83.8 Å². The lowest BCUT2D eigenvalue weighted by atomic mass is 10.1. The van der Waals surface area contributed by atoms with Gasteiger partial charge in [-0.3, -0.25) is 9.59 Å². The quantitative estimate of drug-likeness (QED) is 0.155. The number of unbranched alkanes of at least 4 members (excludes halogenated alkanes) is 8. The Morgan fingerprint density at radius 1 is 0.806 bits per heavy atom. The van der Waals surface area contributed by atoms with Gasteiger partial charge in [0.1, 0.15) is 5.75 Å². The van der Waals surface area contributed by atoms with E-state index in [9.17, 15) is 9.59 Å². The van der Waals surface area contributed by atoms with Crippen LogP contribution in [0.3, 0.4) is 0 Å². The molecule has 0 atom stereocenters. The number of aliphatic hydroxyl groups is 1. The maximum atomic E-state index is 12.8. The van der Waals surface area contributed by atoms with Crippen LogP contribution in [0.15, 0.2) is 18.2 Å². The van der Waals surface area contributed by atoms with Gasteiger partial charge in [0, 0.05) is 50.5 Å². The van der Waals surface area contributed by atoms with E-state index < -0.39 is 0 Å². The Morgan fingerprint density at radius 2 is 1.39 bits per heavy atom. The molecule has 0 fully saturated rings. The normalized spacial score (nSPS) is 10.6. The summed E-state index contributed by atoms with van der Waals surface area (Å²) in [6, 6.07) is 4.99. The van der Waals surface area contributed by atoms with Gasteiger partial charge in [-0.15, -0.1) is 12.3 Å². The average molecular weight is 503 g/mol. The molecule has 36 heavy (non-hydrogen) atoms. The zero-order valence-electron chi connectivity index (χ0n) is 22.1. The second kappa shape index (κ2) is 21.7. The smallest absolute Gasteiger partial charge is 0.251 e. The third kappa shape index (κ3) is 15.4. The zero-order chi connectivity index (χ0) is 26.3. The van der Waals surface area contributed by atoms with Crippen LogP contribution in [-0.2, 0) is 4.74 Å². The molecule has 1 aromatic carbocycles. The Hall–Kier alpha value is -2.56. The molecule has 2 amide bonds. The first kappa shape index (κ1) is 31.5. The van der Waals surface area contributed by atoms with Crippen LogP contribution in [0.1, 0.15) is 105 Å². The SMILES string of the molecule is C#CCCCCOc1cc(C(=O)NCCCCCCO)cc(C(=O)NCCCCCCOCCC)c1. The van der Waals surface area contributed by atoms with E-state index in [4.69, 9.17) is 21.0 Å². The molecule has 0 bridgehead atoms. The number of hydrogen-bond acceptors (Lipinski definition) is 5. The van der Waals surface area contributed by atoms with E-state index >= 15 is 0 Å². The van der Waals surface area contributed by atoms with Crippen molar-refractivity contribution in [2.45, 2.75) is 84.0 Å². The van der Waals surface area contributed by atoms with E-state index in [0.29, 0.717) is 43.0 Å². The third-order valence-corrected chi connectivity index (χ3v) is 5.64. The molecule has 0 aromatic heterocycles. The van der Waals surface area contributed by atoms with Crippen LogP contribution < -0.4 is 15.4 Å². The minimum atomic E-state index is -0.228. The van der Waals surface area contributed by atoms with E-state index in [-0.39, 0.29) is 18.4 Å². The molecule has 7 nitrogen and oxygen atoms in total. The van der Waals surface area contributed by atoms with Crippen LogP contribution in [0, 0.1) is 12.3 Å². The molecular weight excluding hydrogens is 456 g/mol. The molecule has 0 saturated carbocycles. The number of amides is 2. The third-order valence-electron chi connectivity index (χ3n) is 5.64. The van der Waals surface area contributed by atoms with Crippen LogP contribution in [-0.4, -0.2) is 56.4 Å². The molecule has 0 radical (unpaired) electrons. The maximum absolute atomic E-state index is 12.8. The van der Waals surface area contributed by atoms with Crippen LogP contribution in [0.5, 0.6) is 5.75 Å². The fourth-order valence-electron chi connectivity index (χ4n) is 3.59. The molecule has 202 valence electrons. The second-order valence-corrected chi connectivity index (χ2v) is 8.93. The summed E-state index contributed by atoms with van der Waals surface area (Å²) < 4.78 is 11.3. The molecule has 7 heteroatoms. The molecule has 1 aromatic rings. The van der Waals surface area contributed by atoms with Gasteiger partial charge in [0.2, 0.25) is 0 Å². The van der Waals surface area contributed by atoms with Crippen molar-refractivity contribution in [2.24, 2.45) is 0 Å². The maximum Gasteiger partial charge on any atom is 0.251 e. The first-order chi connectivity index (χ1) is 17.6. The van der Waals surface area contributed by atoms with E-state index in [1.54, 1.807) is 18.2 Å². The van der Waals surface area contributed by atoms with Gasteiger partial charge >= 0.3 is 0 Å². The summed E-state index contributed by atoms with van der Waals surface area (Å²) in [6.45, 7) is 5.51. The second-order valence-electron chi connectivity index (χ2n) is 8.93. The monoisotopic (exact) mass is 502 g/mol. The van der Waals surface area contributed by atoms with Gasteiger partial charge in [-0.25, -0.2) is 0 Å². The highest BCUT2D eigenvalue weighted by Gasteiger charge is 2.14. The van der Waals surface area contributed by atoms with Crippen molar-refractivity contribution in [3.8, 4) is 18.1 Å². The Morgan fingerprint density at radius 3 is 1.97 bits per heavy atom. The molecule has 0 aliphatic rings. The molecule has 1 rings (SSSR count). The van der Waals surface area contributed by atoms with Crippen LogP contribution >= 0.6 is 0 Å². The number of nitrogens with one attached hydrogen (secondary N) is 2. The van der Waals surface area contributed by atoms with Crippen molar-refractivity contribution in [3.63, 3.8) is 0 Å². The Labute approximate surface area is 217 Å². The fourth-order valence-corrected chi connectivity index (χ4v) is 3.59. The number of terminal acetylenes is 1. The fraction of sp³-hybridized carbons (Fsp3) is 0.655. The number of ether oxygens (including phenoxy) is 2. The van der Waals surface area contributed by atoms with Crippen molar-refractivity contribution in [3.05, 3.63) is 29.3 Å². The zero-order valence-corrected chi connectivity index (χ0v) is 22.1. The minimum absolute atomic E-state index is 0.195.